The van der Waals surface area contributed by atoms with Crippen molar-refractivity contribution in [1.29, 1.82) is 0 Å². The highest BCUT2D eigenvalue weighted by atomic mass is 19.1. The van der Waals surface area contributed by atoms with Crippen LogP contribution in [0.25, 0.3) is 0 Å². The van der Waals surface area contributed by atoms with Gasteiger partial charge in [-0.25, -0.2) is 8.78 Å². The van der Waals surface area contributed by atoms with Crippen LogP contribution in [-0.2, 0) is 4.79 Å². The third-order valence-corrected chi connectivity index (χ3v) is 2.90. The lowest BCUT2D eigenvalue weighted by molar-refractivity contribution is -0.119. The van der Waals surface area contributed by atoms with E-state index in [0.29, 0.717) is 13.0 Å². The molecule has 1 fully saturated rings. The number of nitrogens with one attached hydrogen (secondary N) is 2. The maximum absolute atomic E-state index is 13.4. The van der Waals surface area contributed by atoms with Crippen LogP contribution in [0.3, 0.4) is 0 Å². The summed E-state index contributed by atoms with van der Waals surface area (Å²) in [4.78, 5) is 10.9. The van der Waals surface area contributed by atoms with Crippen LogP contribution < -0.4 is 10.6 Å². The number of carbonyl (C=O) groups excluding carboxylic acids is 1. The van der Waals surface area contributed by atoms with E-state index in [4.69, 9.17) is 0 Å². The minimum Gasteiger partial charge on any atom is -0.387 e. The smallest absolute Gasteiger partial charge is 0.221 e. The molecule has 0 spiro atoms. The van der Waals surface area contributed by atoms with Crippen LogP contribution in [0.2, 0.25) is 0 Å². The van der Waals surface area contributed by atoms with Crippen LogP contribution in [0.5, 0.6) is 0 Å². The third kappa shape index (κ3) is 3.02. The zero-order chi connectivity index (χ0) is 13.1. The fourth-order valence-electron chi connectivity index (χ4n) is 1.91. The summed E-state index contributed by atoms with van der Waals surface area (Å²) in [5.74, 6) is -1.50. The molecule has 1 aliphatic heterocycles. The molecule has 0 aliphatic carbocycles. The minimum atomic E-state index is -1.07. The number of rotatable bonds is 4. The first-order valence-electron chi connectivity index (χ1n) is 5.69. The fourth-order valence-corrected chi connectivity index (χ4v) is 1.91. The Bertz CT molecular complexity index is 454. The van der Waals surface area contributed by atoms with Crippen LogP contribution in [0, 0.1) is 11.6 Å². The molecule has 98 valence electrons. The summed E-state index contributed by atoms with van der Waals surface area (Å²) in [6.07, 6.45) is -0.722. The second-order valence-electron chi connectivity index (χ2n) is 4.30. The molecule has 4 nitrogen and oxygen atoms in total. The quantitative estimate of drug-likeness (QED) is 0.734. The Morgan fingerprint density at radius 2 is 2.28 bits per heavy atom. The predicted molar refractivity (Wildman–Crippen MR) is 60.7 cm³/mol. The van der Waals surface area contributed by atoms with Gasteiger partial charge in [0.2, 0.25) is 5.91 Å². The van der Waals surface area contributed by atoms with E-state index < -0.39 is 17.7 Å². The Morgan fingerprint density at radius 1 is 1.50 bits per heavy atom. The molecule has 0 saturated carbocycles. The summed E-state index contributed by atoms with van der Waals surface area (Å²) in [5, 5.41) is 15.4. The number of carbonyl (C=O) groups is 1. The van der Waals surface area contributed by atoms with Crippen molar-refractivity contribution in [3.63, 3.8) is 0 Å². The molecular weight excluding hydrogens is 242 g/mol. The van der Waals surface area contributed by atoms with Gasteiger partial charge in [0, 0.05) is 37.2 Å². The van der Waals surface area contributed by atoms with Crippen LogP contribution in [-0.4, -0.2) is 30.1 Å². The topological polar surface area (TPSA) is 61.4 Å². The Kier molecular flexibility index (Phi) is 3.88. The maximum atomic E-state index is 13.4. The molecule has 3 N–H and O–H groups in total. The number of hydrogen-bond acceptors (Lipinski definition) is 3. The van der Waals surface area contributed by atoms with Gasteiger partial charge in [0.15, 0.2) is 0 Å². The van der Waals surface area contributed by atoms with Gasteiger partial charge in [-0.05, 0) is 6.07 Å². The number of hydrogen-bond donors (Lipinski definition) is 3. The highest BCUT2D eigenvalue weighted by Crippen LogP contribution is 2.17. The molecule has 2 unspecified atom stereocenters. The molecule has 1 heterocycles. The monoisotopic (exact) mass is 256 g/mol. The Hall–Kier alpha value is -1.53. The van der Waals surface area contributed by atoms with Gasteiger partial charge >= 0.3 is 0 Å². The van der Waals surface area contributed by atoms with E-state index in [0.717, 1.165) is 12.1 Å². The Labute approximate surface area is 103 Å². The van der Waals surface area contributed by atoms with Crippen molar-refractivity contribution in [1.82, 2.24) is 10.6 Å². The van der Waals surface area contributed by atoms with Gasteiger partial charge in [0.1, 0.15) is 11.6 Å². The van der Waals surface area contributed by atoms with Gasteiger partial charge in [-0.3, -0.25) is 4.79 Å². The zero-order valence-electron chi connectivity index (χ0n) is 9.62. The zero-order valence-corrected chi connectivity index (χ0v) is 9.62. The average Bonchev–Trinajstić information content (AvgIpc) is 2.72. The number of aliphatic hydroxyl groups is 1. The first kappa shape index (κ1) is 12.9. The SMILES string of the molecule is O=C1CC(NCC(O)c2ccc(F)cc2F)CN1. The van der Waals surface area contributed by atoms with Gasteiger partial charge in [-0.2, -0.15) is 0 Å². The van der Waals surface area contributed by atoms with E-state index >= 15 is 0 Å². The molecule has 1 saturated heterocycles. The van der Waals surface area contributed by atoms with Gasteiger partial charge in [0.25, 0.3) is 0 Å². The summed E-state index contributed by atoms with van der Waals surface area (Å²) < 4.78 is 26.1. The predicted octanol–water partition coefficient (Wildman–Crippen LogP) is 0.476. The normalized spacial score (nSPS) is 20.8. The summed E-state index contributed by atoms with van der Waals surface area (Å²) >= 11 is 0. The number of benzene rings is 1. The highest BCUT2D eigenvalue weighted by Gasteiger charge is 2.22. The molecule has 1 aromatic rings. The molecule has 6 heteroatoms. The van der Waals surface area contributed by atoms with E-state index in [9.17, 15) is 18.7 Å². The lowest BCUT2D eigenvalue weighted by atomic mass is 10.1. The number of amides is 1. The van der Waals surface area contributed by atoms with Crippen LogP contribution >= 0.6 is 0 Å². The van der Waals surface area contributed by atoms with E-state index in [2.05, 4.69) is 10.6 Å². The van der Waals surface area contributed by atoms with Crippen molar-refractivity contribution in [2.45, 2.75) is 18.6 Å². The second kappa shape index (κ2) is 5.41. The molecule has 0 radical (unpaired) electrons. The first-order valence-corrected chi connectivity index (χ1v) is 5.69. The van der Waals surface area contributed by atoms with Crippen molar-refractivity contribution >= 4 is 5.91 Å². The molecule has 0 bridgehead atoms. The Balaban J connectivity index is 1.91. The number of aliphatic hydroxyl groups excluding tert-OH is 1. The summed E-state index contributed by atoms with van der Waals surface area (Å²) in [5.41, 5.74) is 0.0428. The second-order valence-corrected chi connectivity index (χ2v) is 4.30. The minimum absolute atomic E-state index is 0.0428. The molecule has 1 aliphatic rings. The molecule has 0 aromatic heterocycles. The fraction of sp³-hybridized carbons (Fsp3) is 0.417. The number of halogens is 2. The van der Waals surface area contributed by atoms with Crippen LogP contribution in [0.4, 0.5) is 8.78 Å². The molecule has 18 heavy (non-hydrogen) atoms. The summed E-state index contributed by atoms with van der Waals surface area (Å²) in [6.45, 7) is 0.611. The standard InChI is InChI=1S/C12H14F2N2O2/c13-7-1-2-9(10(14)3-7)11(17)6-15-8-4-12(18)16-5-8/h1-3,8,11,15,17H,4-6H2,(H,16,18). The highest BCUT2D eigenvalue weighted by molar-refractivity contribution is 5.78. The van der Waals surface area contributed by atoms with E-state index in [1.165, 1.54) is 6.07 Å². The average molecular weight is 256 g/mol. The van der Waals surface area contributed by atoms with Crippen LogP contribution in [0.1, 0.15) is 18.1 Å². The van der Waals surface area contributed by atoms with Crippen molar-refractivity contribution in [3.05, 3.63) is 35.4 Å². The summed E-state index contributed by atoms with van der Waals surface area (Å²) in [7, 11) is 0. The van der Waals surface area contributed by atoms with Gasteiger partial charge < -0.3 is 15.7 Å². The first-order chi connectivity index (χ1) is 8.56. The molecule has 1 amide bonds. The lowest BCUT2D eigenvalue weighted by Gasteiger charge is -2.16. The largest absolute Gasteiger partial charge is 0.387 e. The van der Waals surface area contributed by atoms with Crippen molar-refractivity contribution in [2.75, 3.05) is 13.1 Å². The molecular formula is C12H14F2N2O2. The van der Waals surface area contributed by atoms with E-state index in [1.54, 1.807) is 0 Å². The summed E-state index contributed by atoms with van der Waals surface area (Å²) in [6, 6.07) is 2.99. The van der Waals surface area contributed by atoms with E-state index in [1.807, 2.05) is 0 Å². The van der Waals surface area contributed by atoms with Gasteiger partial charge in [-0.1, -0.05) is 6.07 Å². The van der Waals surface area contributed by atoms with Crippen molar-refractivity contribution < 1.29 is 18.7 Å². The Morgan fingerprint density at radius 3 is 2.89 bits per heavy atom. The van der Waals surface area contributed by atoms with Gasteiger partial charge in [0.05, 0.1) is 6.10 Å². The molecule has 2 rings (SSSR count). The lowest BCUT2D eigenvalue weighted by Crippen LogP contribution is -2.34. The van der Waals surface area contributed by atoms with Crippen molar-refractivity contribution in [2.24, 2.45) is 0 Å². The maximum Gasteiger partial charge on any atom is 0.221 e. The van der Waals surface area contributed by atoms with Crippen molar-refractivity contribution in [3.8, 4) is 0 Å². The molecule has 2 atom stereocenters. The van der Waals surface area contributed by atoms with E-state index in [-0.39, 0.29) is 24.1 Å². The third-order valence-electron chi connectivity index (χ3n) is 2.90. The molecule has 1 aromatic carbocycles. The van der Waals surface area contributed by atoms with Crippen LogP contribution in [0.15, 0.2) is 18.2 Å². The van der Waals surface area contributed by atoms with Gasteiger partial charge in [-0.15, -0.1) is 0 Å².